The Morgan fingerprint density at radius 1 is 1.47 bits per heavy atom. The van der Waals surface area contributed by atoms with Crippen LogP contribution in [-0.2, 0) is 0 Å². The predicted octanol–water partition coefficient (Wildman–Crippen LogP) is 0.857. The Morgan fingerprint density at radius 2 is 2.26 bits per heavy atom. The number of halogens is 1. The van der Waals surface area contributed by atoms with Gasteiger partial charge in [0, 0.05) is 12.1 Å². The van der Waals surface area contributed by atoms with Crippen LogP contribution in [0.15, 0.2) is 33.0 Å². The smallest absolute Gasteiger partial charge is 0.305 e. The number of hydrogen-bond acceptors (Lipinski definition) is 3. The minimum atomic E-state index is -0.273. The quantitative estimate of drug-likeness (QED) is 0.718. The second-order valence-electron chi connectivity index (χ2n) is 4.93. The third-order valence-corrected chi connectivity index (χ3v) is 3.70. The van der Waals surface area contributed by atoms with Gasteiger partial charge in [-0.25, -0.2) is 0 Å². The van der Waals surface area contributed by atoms with E-state index in [0.717, 1.165) is 25.2 Å². The van der Waals surface area contributed by atoms with E-state index in [1.54, 1.807) is 17.0 Å². The Kier molecular flexibility index (Phi) is 4.66. The summed E-state index contributed by atoms with van der Waals surface area (Å²) in [5.74, 6) is 0.00968. The van der Waals surface area contributed by atoms with Crippen LogP contribution in [-0.4, -0.2) is 25.0 Å². The molecule has 1 atom stereocenters. The first-order valence-electron chi connectivity index (χ1n) is 6.41. The van der Waals surface area contributed by atoms with Crippen LogP contribution in [0.2, 0.25) is 0 Å². The molecule has 0 aromatic carbocycles. The van der Waals surface area contributed by atoms with Crippen molar-refractivity contribution in [1.82, 2.24) is 10.9 Å². The van der Waals surface area contributed by atoms with E-state index in [0.29, 0.717) is 10.7 Å². The first-order valence-corrected chi connectivity index (χ1v) is 7.21. The fraction of sp³-hybridized carbons (Fsp3) is 0.462. The molecule has 104 valence electrons. The minimum absolute atomic E-state index is 0.273. The Hall–Kier alpha value is -1.27. The summed E-state index contributed by atoms with van der Waals surface area (Å²) in [5.41, 5.74) is 6.67. The highest BCUT2D eigenvalue weighted by Gasteiger charge is 2.18. The molecule has 0 aliphatic carbocycles. The number of hydrazine groups is 1. The molecule has 0 radical (unpaired) electrons. The lowest BCUT2D eigenvalue weighted by Crippen LogP contribution is -3.15. The molecule has 2 rings (SSSR count). The number of rotatable bonds is 4. The number of nitrogens with one attached hydrogen (secondary N) is 3. The summed E-state index contributed by atoms with van der Waals surface area (Å²) in [7, 11) is 0. The second kappa shape index (κ2) is 6.25. The number of hydrogen-bond donors (Lipinski definition) is 3. The predicted molar refractivity (Wildman–Crippen MR) is 75.5 cm³/mol. The van der Waals surface area contributed by atoms with Crippen LogP contribution in [0.5, 0.6) is 0 Å². The van der Waals surface area contributed by atoms with Gasteiger partial charge >= 0.3 is 5.91 Å². The molecule has 0 spiro atoms. The van der Waals surface area contributed by atoms with Gasteiger partial charge in [0.25, 0.3) is 0 Å². The van der Waals surface area contributed by atoms with Gasteiger partial charge in [-0.2, -0.15) is 0 Å². The largest absolute Gasteiger partial charge is 0.444 e. The summed E-state index contributed by atoms with van der Waals surface area (Å²) in [6.07, 6.45) is 3.08. The standard InChI is InChI=1S/C13H18BrN3O2/c1-9(2)17-7-5-10(6-8-17)15-16-13(18)11-3-4-12(14)19-11/h3-5,9,15H,6-8H2,1-2H3,(H,16,18)/p+1. The minimum Gasteiger partial charge on any atom is -0.444 e. The molecule has 19 heavy (non-hydrogen) atoms. The summed E-state index contributed by atoms with van der Waals surface area (Å²) in [6, 6.07) is 3.95. The summed E-state index contributed by atoms with van der Waals surface area (Å²) >= 11 is 3.17. The molecule has 1 aromatic heterocycles. The van der Waals surface area contributed by atoms with E-state index in [1.807, 2.05) is 0 Å². The molecular formula is C13H19BrN3O2+. The van der Waals surface area contributed by atoms with Crippen LogP contribution in [0.1, 0.15) is 30.8 Å². The van der Waals surface area contributed by atoms with Gasteiger partial charge in [-0.3, -0.25) is 10.2 Å². The topological polar surface area (TPSA) is 58.7 Å². The van der Waals surface area contributed by atoms with Crippen LogP contribution in [0.25, 0.3) is 0 Å². The normalized spacial score (nSPS) is 19.2. The third-order valence-electron chi connectivity index (χ3n) is 3.28. The fourth-order valence-corrected chi connectivity index (χ4v) is 2.33. The van der Waals surface area contributed by atoms with Crippen molar-refractivity contribution in [2.45, 2.75) is 26.3 Å². The van der Waals surface area contributed by atoms with Gasteiger partial charge in [-0.1, -0.05) is 0 Å². The van der Waals surface area contributed by atoms with Crippen LogP contribution < -0.4 is 15.8 Å². The van der Waals surface area contributed by atoms with Gasteiger partial charge in [-0.15, -0.1) is 0 Å². The Bertz CT molecular complexity index is 482. The van der Waals surface area contributed by atoms with Crippen LogP contribution in [0.3, 0.4) is 0 Å². The molecule has 1 aromatic rings. The van der Waals surface area contributed by atoms with Gasteiger partial charge in [0.05, 0.1) is 19.1 Å². The Labute approximate surface area is 121 Å². The number of furan rings is 1. The van der Waals surface area contributed by atoms with Gasteiger partial charge in [0.2, 0.25) is 0 Å². The monoisotopic (exact) mass is 328 g/mol. The van der Waals surface area contributed by atoms with E-state index in [4.69, 9.17) is 4.42 Å². The average molecular weight is 329 g/mol. The van der Waals surface area contributed by atoms with Crippen molar-refractivity contribution in [3.63, 3.8) is 0 Å². The summed E-state index contributed by atoms with van der Waals surface area (Å²) < 4.78 is 5.72. The van der Waals surface area contributed by atoms with Gasteiger partial charge in [-0.05, 0) is 48.0 Å². The average Bonchev–Trinajstić information content (AvgIpc) is 2.83. The zero-order valence-electron chi connectivity index (χ0n) is 11.1. The summed E-state index contributed by atoms with van der Waals surface area (Å²) in [5, 5.41) is 0. The molecule has 1 amide bonds. The first kappa shape index (κ1) is 14.1. The zero-order valence-corrected chi connectivity index (χ0v) is 12.7. The molecule has 3 N–H and O–H groups in total. The molecule has 1 unspecified atom stereocenters. The number of amides is 1. The van der Waals surface area contributed by atoms with Crippen molar-refractivity contribution in [2.24, 2.45) is 0 Å². The van der Waals surface area contributed by atoms with Gasteiger partial charge < -0.3 is 14.7 Å². The van der Waals surface area contributed by atoms with Crippen molar-refractivity contribution < 1.29 is 14.1 Å². The van der Waals surface area contributed by atoms with Gasteiger partial charge in [0.1, 0.15) is 0 Å². The van der Waals surface area contributed by atoms with E-state index in [9.17, 15) is 4.79 Å². The fourth-order valence-electron chi connectivity index (χ4n) is 2.03. The molecule has 0 bridgehead atoms. The molecule has 0 fully saturated rings. The van der Waals surface area contributed by atoms with Crippen LogP contribution >= 0.6 is 15.9 Å². The van der Waals surface area contributed by atoms with Crippen molar-refractivity contribution in [2.75, 3.05) is 13.1 Å². The van der Waals surface area contributed by atoms with Gasteiger partial charge in [0.15, 0.2) is 10.4 Å². The lowest BCUT2D eigenvalue weighted by atomic mass is 10.2. The summed E-state index contributed by atoms with van der Waals surface area (Å²) in [6.45, 7) is 6.51. The maximum absolute atomic E-state index is 11.8. The summed E-state index contributed by atoms with van der Waals surface area (Å²) in [4.78, 5) is 13.3. The molecule has 2 heterocycles. The van der Waals surface area contributed by atoms with Crippen LogP contribution in [0.4, 0.5) is 0 Å². The highest BCUT2D eigenvalue weighted by atomic mass is 79.9. The van der Waals surface area contributed by atoms with Crippen molar-refractivity contribution in [1.29, 1.82) is 0 Å². The first-order chi connectivity index (χ1) is 9.06. The molecule has 1 aliphatic rings. The van der Waals surface area contributed by atoms with E-state index < -0.39 is 0 Å². The molecular weight excluding hydrogens is 310 g/mol. The zero-order chi connectivity index (χ0) is 13.8. The molecule has 1 aliphatic heterocycles. The lowest BCUT2D eigenvalue weighted by molar-refractivity contribution is -0.917. The highest BCUT2D eigenvalue weighted by molar-refractivity contribution is 9.10. The van der Waals surface area contributed by atoms with Crippen LogP contribution in [0, 0.1) is 0 Å². The van der Waals surface area contributed by atoms with E-state index in [1.165, 1.54) is 0 Å². The van der Waals surface area contributed by atoms with Crippen molar-refractivity contribution in [3.8, 4) is 0 Å². The van der Waals surface area contributed by atoms with Crippen molar-refractivity contribution >= 4 is 21.8 Å². The molecule has 0 saturated carbocycles. The SMILES string of the molecule is CC(C)[NH+]1CC=C(NNC(=O)c2ccc(Br)o2)CC1. The number of carbonyl (C=O) groups excluding carboxylic acids is 1. The number of carbonyl (C=O) groups is 1. The molecule has 5 nitrogen and oxygen atoms in total. The Balaban J connectivity index is 1.82. The highest BCUT2D eigenvalue weighted by Crippen LogP contribution is 2.13. The van der Waals surface area contributed by atoms with E-state index in [-0.39, 0.29) is 11.7 Å². The van der Waals surface area contributed by atoms with Crippen molar-refractivity contribution in [3.05, 3.63) is 34.3 Å². The molecule has 0 saturated heterocycles. The maximum atomic E-state index is 11.8. The van der Waals surface area contributed by atoms with E-state index in [2.05, 4.69) is 46.7 Å². The Morgan fingerprint density at radius 3 is 2.79 bits per heavy atom. The third kappa shape index (κ3) is 3.84. The second-order valence-corrected chi connectivity index (χ2v) is 5.71. The van der Waals surface area contributed by atoms with E-state index >= 15 is 0 Å². The lowest BCUT2D eigenvalue weighted by Gasteiger charge is -2.27. The maximum Gasteiger partial charge on any atom is 0.305 e. The molecule has 6 heteroatoms. The number of quaternary nitrogens is 1.